The summed E-state index contributed by atoms with van der Waals surface area (Å²) in [5.41, 5.74) is 1.70. The van der Waals surface area contributed by atoms with Gasteiger partial charge in [-0.15, -0.1) is 0 Å². The number of carbonyl (C=O) groups is 1. The first-order valence-corrected chi connectivity index (χ1v) is 7.59. The van der Waals surface area contributed by atoms with E-state index in [4.69, 9.17) is 0 Å². The molecular weight excluding hydrogens is 262 g/mol. The monoisotopic (exact) mass is 281 g/mol. The largest absolute Gasteiger partial charge is 0.346 e. The lowest BCUT2D eigenvalue weighted by Crippen LogP contribution is -2.43. The number of aryl methyl sites for hydroxylation is 1. The van der Waals surface area contributed by atoms with Gasteiger partial charge in [-0.05, 0) is 42.8 Å². The fourth-order valence-electron chi connectivity index (χ4n) is 3.64. The van der Waals surface area contributed by atoms with Gasteiger partial charge in [-0.25, -0.2) is 0 Å². The summed E-state index contributed by atoms with van der Waals surface area (Å²) in [6.45, 7) is 5.37. The lowest BCUT2D eigenvalue weighted by atomic mass is 10.00. The van der Waals surface area contributed by atoms with Crippen LogP contribution in [0.5, 0.6) is 0 Å². The molecule has 1 N–H and O–H groups in total. The molecule has 1 amide bonds. The van der Waals surface area contributed by atoms with E-state index >= 15 is 0 Å². The summed E-state index contributed by atoms with van der Waals surface area (Å²) in [6, 6.07) is 8.31. The second-order valence-electron chi connectivity index (χ2n) is 6.25. The van der Waals surface area contributed by atoms with Crippen LogP contribution in [-0.4, -0.2) is 41.5 Å². The lowest BCUT2D eigenvalue weighted by Gasteiger charge is -2.23. The Bertz CT molecular complexity index is 712. The van der Waals surface area contributed by atoms with Crippen LogP contribution in [0.1, 0.15) is 22.5 Å². The highest BCUT2D eigenvalue weighted by Gasteiger charge is 2.38. The van der Waals surface area contributed by atoms with Crippen molar-refractivity contribution in [3.8, 4) is 0 Å². The number of fused-ring (bicyclic) bond motifs is 3. The molecule has 3 heterocycles. The third-order valence-corrected chi connectivity index (χ3v) is 4.86. The summed E-state index contributed by atoms with van der Waals surface area (Å²) < 4.78 is 0. The Labute approximate surface area is 124 Å². The molecule has 3 atom stereocenters. The molecular formula is C17H19N3O. The molecule has 3 unspecified atom stereocenters. The molecule has 2 aliphatic rings. The first kappa shape index (κ1) is 12.8. The molecule has 108 valence electrons. The Hall–Kier alpha value is -1.94. The summed E-state index contributed by atoms with van der Waals surface area (Å²) >= 11 is 0. The zero-order chi connectivity index (χ0) is 14.4. The van der Waals surface area contributed by atoms with Gasteiger partial charge in [0.1, 0.15) is 5.69 Å². The van der Waals surface area contributed by atoms with Crippen molar-refractivity contribution in [3.05, 3.63) is 41.7 Å². The van der Waals surface area contributed by atoms with Crippen LogP contribution in [0.4, 0.5) is 0 Å². The molecule has 0 saturated carbocycles. The van der Waals surface area contributed by atoms with E-state index in [1.54, 1.807) is 6.20 Å². The highest BCUT2D eigenvalue weighted by atomic mass is 16.2. The maximum Gasteiger partial charge on any atom is 0.270 e. The predicted octanol–water partition coefficient (Wildman–Crippen LogP) is 1.98. The topological polar surface area (TPSA) is 45.2 Å². The van der Waals surface area contributed by atoms with Crippen molar-refractivity contribution < 1.29 is 4.79 Å². The Morgan fingerprint density at radius 2 is 2.29 bits per heavy atom. The highest BCUT2D eigenvalue weighted by molar-refractivity contribution is 5.97. The summed E-state index contributed by atoms with van der Waals surface area (Å²) in [7, 11) is 0. The van der Waals surface area contributed by atoms with Gasteiger partial charge in [-0.3, -0.25) is 9.78 Å². The molecule has 4 rings (SSSR count). The SMILES string of the molecule is Cc1cccc2cnc(C(=O)NC3CN4CCC3C4)cc12. The number of pyridine rings is 1. The highest BCUT2D eigenvalue weighted by Crippen LogP contribution is 2.28. The number of hydrogen-bond acceptors (Lipinski definition) is 3. The molecule has 0 spiro atoms. The number of benzene rings is 1. The first-order valence-electron chi connectivity index (χ1n) is 7.59. The summed E-state index contributed by atoms with van der Waals surface area (Å²) in [5, 5.41) is 5.35. The number of amides is 1. The molecule has 2 bridgehead atoms. The van der Waals surface area contributed by atoms with E-state index in [-0.39, 0.29) is 5.91 Å². The van der Waals surface area contributed by atoms with Crippen LogP contribution in [0.15, 0.2) is 30.5 Å². The molecule has 21 heavy (non-hydrogen) atoms. The second-order valence-corrected chi connectivity index (χ2v) is 6.25. The fourth-order valence-corrected chi connectivity index (χ4v) is 3.64. The van der Waals surface area contributed by atoms with E-state index in [0.717, 1.165) is 23.9 Å². The number of piperidine rings is 1. The first-order chi connectivity index (χ1) is 10.2. The van der Waals surface area contributed by atoms with Gasteiger partial charge in [-0.1, -0.05) is 18.2 Å². The molecule has 4 nitrogen and oxygen atoms in total. The van der Waals surface area contributed by atoms with Gasteiger partial charge < -0.3 is 10.2 Å². The number of hydrogen-bond donors (Lipinski definition) is 1. The van der Waals surface area contributed by atoms with Crippen LogP contribution in [0, 0.1) is 12.8 Å². The van der Waals surface area contributed by atoms with Gasteiger partial charge in [-0.2, -0.15) is 0 Å². The molecule has 2 aromatic rings. The van der Waals surface area contributed by atoms with Gasteiger partial charge in [0, 0.05) is 30.7 Å². The summed E-state index contributed by atoms with van der Waals surface area (Å²) in [6.07, 6.45) is 3.00. The van der Waals surface area contributed by atoms with Gasteiger partial charge in [0.05, 0.1) is 0 Å². The van der Waals surface area contributed by atoms with Crippen molar-refractivity contribution in [1.29, 1.82) is 0 Å². The molecule has 2 fully saturated rings. The van der Waals surface area contributed by atoms with Gasteiger partial charge in [0.2, 0.25) is 0 Å². The normalized spacial score (nSPS) is 27.2. The van der Waals surface area contributed by atoms with Gasteiger partial charge >= 0.3 is 0 Å². The van der Waals surface area contributed by atoms with Crippen molar-refractivity contribution in [2.75, 3.05) is 19.6 Å². The van der Waals surface area contributed by atoms with E-state index < -0.39 is 0 Å². The fraction of sp³-hybridized carbons (Fsp3) is 0.412. The third kappa shape index (κ3) is 2.20. The predicted molar refractivity (Wildman–Crippen MR) is 82.3 cm³/mol. The van der Waals surface area contributed by atoms with Crippen LogP contribution >= 0.6 is 0 Å². The minimum absolute atomic E-state index is 0.0427. The van der Waals surface area contributed by atoms with Crippen LogP contribution in [0.2, 0.25) is 0 Å². The average Bonchev–Trinajstić information content (AvgIpc) is 3.10. The number of nitrogens with zero attached hydrogens (tertiary/aromatic N) is 2. The lowest BCUT2D eigenvalue weighted by molar-refractivity contribution is 0.0919. The van der Waals surface area contributed by atoms with Crippen molar-refractivity contribution in [2.45, 2.75) is 19.4 Å². The summed E-state index contributed by atoms with van der Waals surface area (Å²) in [4.78, 5) is 19.2. The van der Waals surface area contributed by atoms with Gasteiger partial charge in [0.15, 0.2) is 0 Å². The van der Waals surface area contributed by atoms with Crippen LogP contribution in [0.25, 0.3) is 10.8 Å². The summed E-state index contributed by atoms with van der Waals surface area (Å²) in [5.74, 6) is 0.579. The second kappa shape index (κ2) is 4.81. The Kier molecular flexibility index (Phi) is 2.93. The minimum atomic E-state index is -0.0427. The van der Waals surface area contributed by atoms with E-state index in [0.29, 0.717) is 17.7 Å². The van der Waals surface area contributed by atoms with Crippen LogP contribution < -0.4 is 5.32 Å². The number of nitrogens with one attached hydrogen (secondary N) is 1. The molecule has 0 aliphatic carbocycles. The Morgan fingerprint density at radius 1 is 1.38 bits per heavy atom. The Balaban J connectivity index is 1.58. The van der Waals surface area contributed by atoms with E-state index in [1.807, 2.05) is 18.2 Å². The Morgan fingerprint density at radius 3 is 3.05 bits per heavy atom. The van der Waals surface area contributed by atoms with E-state index in [1.165, 1.54) is 18.5 Å². The van der Waals surface area contributed by atoms with Crippen molar-refractivity contribution >= 4 is 16.7 Å². The zero-order valence-corrected chi connectivity index (χ0v) is 12.2. The van der Waals surface area contributed by atoms with E-state index in [9.17, 15) is 4.79 Å². The molecule has 4 heteroatoms. The van der Waals surface area contributed by atoms with Crippen molar-refractivity contribution in [3.63, 3.8) is 0 Å². The maximum absolute atomic E-state index is 12.4. The third-order valence-electron chi connectivity index (χ3n) is 4.86. The van der Waals surface area contributed by atoms with Gasteiger partial charge in [0.25, 0.3) is 5.91 Å². The van der Waals surface area contributed by atoms with Crippen LogP contribution in [0.3, 0.4) is 0 Å². The van der Waals surface area contributed by atoms with Crippen LogP contribution in [-0.2, 0) is 0 Å². The minimum Gasteiger partial charge on any atom is -0.346 e. The number of rotatable bonds is 2. The van der Waals surface area contributed by atoms with Crippen molar-refractivity contribution in [2.24, 2.45) is 5.92 Å². The quantitative estimate of drug-likeness (QED) is 0.915. The molecule has 2 aliphatic heterocycles. The standard InChI is InChI=1S/C17H19N3O/c1-11-3-2-4-12-8-18-15(7-14(11)12)17(21)19-16-10-20-6-5-13(16)9-20/h2-4,7-8,13,16H,5-6,9-10H2,1H3,(H,19,21). The van der Waals surface area contributed by atoms with Crippen molar-refractivity contribution in [1.82, 2.24) is 15.2 Å². The number of carbonyl (C=O) groups excluding carboxylic acids is 1. The zero-order valence-electron chi connectivity index (χ0n) is 12.2. The molecule has 0 radical (unpaired) electrons. The average molecular weight is 281 g/mol. The number of aromatic nitrogens is 1. The smallest absolute Gasteiger partial charge is 0.270 e. The molecule has 2 saturated heterocycles. The molecule has 1 aromatic heterocycles. The molecule has 1 aromatic carbocycles. The van der Waals surface area contributed by atoms with E-state index in [2.05, 4.69) is 28.2 Å². The maximum atomic E-state index is 12.4.